The van der Waals surface area contributed by atoms with Crippen molar-refractivity contribution in [3.05, 3.63) is 18.2 Å². The molecule has 0 radical (unpaired) electrons. The van der Waals surface area contributed by atoms with Crippen molar-refractivity contribution in [3.8, 4) is 0 Å². The predicted molar refractivity (Wildman–Crippen MR) is 67.5 cm³/mol. The minimum Gasteiger partial charge on any atom is -0.355 e. The third kappa shape index (κ3) is 4.99. The van der Waals surface area contributed by atoms with E-state index in [2.05, 4.69) is 29.5 Å². The van der Waals surface area contributed by atoms with E-state index >= 15 is 0 Å². The highest BCUT2D eigenvalue weighted by Crippen LogP contribution is 1.98. The molecule has 0 saturated heterocycles. The highest BCUT2D eigenvalue weighted by atomic mass is 16.1. The van der Waals surface area contributed by atoms with E-state index in [0.29, 0.717) is 19.0 Å². The molecule has 0 aliphatic rings. The van der Waals surface area contributed by atoms with Crippen molar-refractivity contribution < 1.29 is 4.79 Å². The van der Waals surface area contributed by atoms with Gasteiger partial charge in [-0.3, -0.25) is 4.79 Å². The molecule has 0 unspecified atom stereocenters. The van der Waals surface area contributed by atoms with E-state index in [4.69, 9.17) is 0 Å². The molecule has 1 rings (SSSR count). The lowest BCUT2D eigenvalue weighted by molar-refractivity contribution is -0.121. The summed E-state index contributed by atoms with van der Waals surface area (Å²) in [6, 6.07) is 0. The minimum atomic E-state index is 0.0426. The van der Waals surface area contributed by atoms with Gasteiger partial charge in [0.2, 0.25) is 5.91 Å². The molecule has 1 aromatic rings. The lowest BCUT2D eigenvalue weighted by atomic mass is 10.1. The highest BCUT2D eigenvalue weighted by Gasteiger charge is 2.06. The molecule has 0 bridgehead atoms. The molecule has 96 valence electrons. The lowest BCUT2D eigenvalue weighted by Gasteiger charge is -2.09. The van der Waals surface area contributed by atoms with E-state index in [-0.39, 0.29) is 5.91 Å². The van der Waals surface area contributed by atoms with Gasteiger partial charge in [0.05, 0.1) is 6.54 Å². The number of aromatic nitrogens is 2. The SMILES string of the molecule is CNCc1nccn1CC(=O)NCCC(C)C. The summed E-state index contributed by atoms with van der Waals surface area (Å²) in [7, 11) is 1.86. The Hall–Kier alpha value is -1.36. The molecule has 1 aromatic heterocycles. The zero-order valence-corrected chi connectivity index (χ0v) is 10.9. The third-order valence-electron chi connectivity index (χ3n) is 2.49. The molecule has 0 aliphatic carbocycles. The average Bonchev–Trinajstić information content (AvgIpc) is 2.66. The lowest BCUT2D eigenvalue weighted by Crippen LogP contribution is -2.29. The van der Waals surface area contributed by atoms with Crippen molar-refractivity contribution >= 4 is 5.91 Å². The number of hydrogen-bond donors (Lipinski definition) is 2. The summed E-state index contributed by atoms with van der Waals surface area (Å²) in [6.07, 6.45) is 4.56. The van der Waals surface area contributed by atoms with E-state index in [1.54, 1.807) is 6.20 Å². The van der Waals surface area contributed by atoms with E-state index in [1.807, 2.05) is 17.8 Å². The molecule has 0 aliphatic heterocycles. The van der Waals surface area contributed by atoms with Gasteiger partial charge >= 0.3 is 0 Å². The van der Waals surface area contributed by atoms with E-state index < -0.39 is 0 Å². The van der Waals surface area contributed by atoms with Crippen LogP contribution in [0.5, 0.6) is 0 Å². The van der Waals surface area contributed by atoms with E-state index in [1.165, 1.54) is 0 Å². The number of nitrogens with zero attached hydrogens (tertiary/aromatic N) is 2. The summed E-state index contributed by atoms with van der Waals surface area (Å²) < 4.78 is 1.86. The molecule has 0 spiro atoms. The standard InChI is InChI=1S/C12H22N4O/c1-10(2)4-5-15-12(17)9-16-7-6-14-11(16)8-13-3/h6-7,10,13H,4-5,8-9H2,1-3H3,(H,15,17). The molecular weight excluding hydrogens is 216 g/mol. The average molecular weight is 238 g/mol. The Balaban J connectivity index is 2.37. The first kappa shape index (κ1) is 13.7. The first-order valence-corrected chi connectivity index (χ1v) is 6.04. The first-order chi connectivity index (χ1) is 8.13. The van der Waals surface area contributed by atoms with Crippen LogP contribution in [0, 0.1) is 5.92 Å². The molecule has 17 heavy (non-hydrogen) atoms. The molecule has 5 heteroatoms. The van der Waals surface area contributed by atoms with Crippen LogP contribution in [0.25, 0.3) is 0 Å². The molecule has 0 aromatic carbocycles. The number of hydrogen-bond acceptors (Lipinski definition) is 3. The molecule has 0 saturated carbocycles. The second-order valence-electron chi connectivity index (χ2n) is 4.53. The van der Waals surface area contributed by atoms with Crippen molar-refractivity contribution in [1.29, 1.82) is 0 Å². The van der Waals surface area contributed by atoms with E-state index in [0.717, 1.165) is 18.8 Å². The van der Waals surface area contributed by atoms with Crippen molar-refractivity contribution in [3.63, 3.8) is 0 Å². The fourth-order valence-electron chi connectivity index (χ4n) is 1.52. The molecule has 5 nitrogen and oxygen atoms in total. The number of imidazole rings is 1. The van der Waals surface area contributed by atoms with Crippen LogP contribution in [0.15, 0.2) is 12.4 Å². The first-order valence-electron chi connectivity index (χ1n) is 6.04. The van der Waals surface area contributed by atoms with Gasteiger partial charge in [-0.2, -0.15) is 0 Å². The fourth-order valence-corrected chi connectivity index (χ4v) is 1.52. The van der Waals surface area contributed by atoms with Crippen LogP contribution in [-0.4, -0.2) is 29.1 Å². The van der Waals surface area contributed by atoms with Gasteiger partial charge in [-0.15, -0.1) is 0 Å². The Morgan fingerprint density at radius 1 is 1.53 bits per heavy atom. The number of rotatable bonds is 7. The minimum absolute atomic E-state index is 0.0426. The Labute approximate surface area is 103 Å². The number of nitrogens with one attached hydrogen (secondary N) is 2. The molecule has 1 heterocycles. The van der Waals surface area contributed by atoms with Gasteiger partial charge < -0.3 is 15.2 Å². The summed E-state index contributed by atoms with van der Waals surface area (Å²) in [5, 5.41) is 5.94. The van der Waals surface area contributed by atoms with Gasteiger partial charge in [-0.25, -0.2) is 4.98 Å². The number of carbonyl (C=O) groups is 1. The zero-order chi connectivity index (χ0) is 12.7. The summed E-state index contributed by atoms with van der Waals surface area (Å²) in [6.45, 7) is 6.05. The zero-order valence-electron chi connectivity index (χ0n) is 10.9. The maximum atomic E-state index is 11.7. The van der Waals surface area contributed by atoms with Gasteiger partial charge in [-0.05, 0) is 19.4 Å². The normalized spacial score (nSPS) is 10.8. The summed E-state index contributed by atoms with van der Waals surface area (Å²) in [5.41, 5.74) is 0. The molecule has 0 atom stereocenters. The van der Waals surface area contributed by atoms with Crippen molar-refractivity contribution in [2.75, 3.05) is 13.6 Å². The molecule has 0 fully saturated rings. The van der Waals surface area contributed by atoms with Crippen LogP contribution in [0.3, 0.4) is 0 Å². The van der Waals surface area contributed by atoms with Crippen LogP contribution in [0.1, 0.15) is 26.1 Å². The second-order valence-corrected chi connectivity index (χ2v) is 4.53. The topological polar surface area (TPSA) is 59.0 Å². The van der Waals surface area contributed by atoms with Gasteiger partial charge in [0.1, 0.15) is 12.4 Å². The van der Waals surface area contributed by atoms with Gasteiger partial charge in [0, 0.05) is 18.9 Å². The van der Waals surface area contributed by atoms with Crippen LogP contribution < -0.4 is 10.6 Å². The predicted octanol–water partition coefficient (Wildman–Crippen LogP) is 0.765. The Kier molecular flexibility index (Phi) is 5.69. The highest BCUT2D eigenvalue weighted by molar-refractivity contribution is 5.75. The monoisotopic (exact) mass is 238 g/mol. The Morgan fingerprint density at radius 2 is 2.29 bits per heavy atom. The second kappa shape index (κ2) is 7.06. The van der Waals surface area contributed by atoms with Crippen LogP contribution in [0.2, 0.25) is 0 Å². The van der Waals surface area contributed by atoms with Gasteiger partial charge in [-0.1, -0.05) is 13.8 Å². The quantitative estimate of drug-likeness (QED) is 0.737. The molecule has 1 amide bonds. The third-order valence-corrected chi connectivity index (χ3v) is 2.49. The summed E-state index contributed by atoms with van der Waals surface area (Å²) in [4.78, 5) is 15.9. The number of amides is 1. The molecule has 2 N–H and O–H groups in total. The fraction of sp³-hybridized carbons (Fsp3) is 0.667. The Morgan fingerprint density at radius 3 is 2.94 bits per heavy atom. The van der Waals surface area contributed by atoms with Crippen LogP contribution in [-0.2, 0) is 17.9 Å². The van der Waals surface area contributed by atoms with E-state index in [9.17, 15) is 4.79 Å². The maximum absolute atomic E-state index is 11.7. The number of carbonyl (C=O) groups excluding carboxylic acids is 1. The van der Waals surface area contributed by atoms with Gasteiger partial charge in [0.15, 0.2) is 0 Å². The molecular formula is C12H22N4O. The van der Waals surface area contributed by atoms with Crippen molar-refractivity contribution in [1.82, 2.24) is 20.2 Å². The summed E-state index contributed by atoms with van der Waals surface area (Å²) >= 11 is 0. The summed E-state index contributed by atoms with van der Waals surface area (Å²) in [5.74, 6) is 1.54. The smallest absolute Gasteiger partial charge is 0.239 e. The largest absolute Gasteiger partial charge is 0.355 e. The van der Waals surface area contributed by atoms with Crippen LogP contribution in [0.4, 0.5) is 0 Å². The van der Waals surface area contributed by atoms with Crippen molar-refractivity contribution in [2.24, 2.45) is 5.92 Å². The Bertz CT molecular complexity index is 346. The van der Waals surface area contributed by atoms with Crippen LogP contribution >= 0.6 is 0 Å². The maximum Gasteiger partial charge on any atom is 0.239 e. The van der Waals surface area contributed by atoms with Crippen molar-refractivity contribution in [2.45, 2.75) is 33.4 Å². The van der Waals surface area contributed by atoms with Gasteiger partial charge in [0.25, 0.3) is 0 Å².